The Balaban J connectivity index is 1.84. The Kier molecular flexibility index (Phi) is 6.35. The molecule has 3 nitrogen and oxygen atoms in total. The third-order valence-electron chi connectivity index (χ3n) is 6.68. The van der Waals surface area contributed by atoms with E-state index in [-0.39, 0.29) is 5.92 Å². The number of aryl methyl sites for hydroxylation is 1. The number of benzene rings is 1. The van der Waals surface area contributed by atoms with Gasteiger partial charge in [-0.15, -0.1) is 0 Å². The van der Waals surface area contributed by atoms with Gasteiger partial charge in [-0.05, 0) is 86.0 Å². The summed E-state index contributed by atoms with van der Waals surface area (Å²) >= 11 is 0. The second-order valence-electron chi connectivity index (χ2n) is 8.28. The van der Waals surface area contributed by atoms with Gasteiger partial charge in [-0.1, -0.05) is 32.3 Å². The van der Waals surface area contributed by atoms with E-state index in [4.69, 9.17) is 0 Å². The first-order valence-corrected chi connectivity index (χ1v) is 10.4. The van der Waals surface area contributed by atoms with Gasteiger partial charge in [0.1, 0.15) is 0 Å². The number of nitrogens with zero attached hydrogens (tertiary/aromatic N) is 1. The maximum absolute atomic E-state index is 11.3. The van der Waals surface area contributed by atoms with E-state index in [9.17, 15) is 15.2 Å². The second-order valence-corrected chi connectivity index (χ2v) is 8.28. The SMILES string of the molecule is CCCCCC1CCc2cc(C(=O)O)ccc2C1[C@H]1CC[C@H](C#N)CC1. The molecule has 0 aliphatic heterocycles. The average molecular weight is 354 g/mol. The maximum Gasteiger partial charge on any atom is 0.335 e. The highest BCUT2D eigenvalue weighted by atomic mass is 16.4. The van der Waals surface area contributed by atoms with E-state index in [1.807, 2.05) is 6.07 Å². The number of hydrogen-bond acceptors (Lipinski definition) is 2. The molecule has 0 saturated heterocycles. The van der Waals surface area contributed by atoms with Crippen LogP contribution in [-0.4, -0.2) is 11.1 Å². The monoisotopic (exact) mass is 353 g/mol. The highest BCUT2D eigenvalue weighted by Crippen LogP contribution is 2.48. The number of nitriles is 1. The van der Waals surface area contributed by atoms with Crippen LogP contribution in [0.2, 0.25) is 0 Å². The molecule has 2 atom stereocenters. The number of aromatic carboxylic acids is 1. The zero-order valence-corrected chi connectivity index (χ0v) is 15.9. The van der Waals surface area contributed by atoms with E-state index in [1.165, 1.54) is 43.2 Å². The van der Waals surface area contributed by atoms with E-state index in [2.05, 4.69) is 19.1 Å². The highest BCUT2D eigenvalue weighted by Gasteiger charge is 2.37. The number of fused-ring (bicyclic) bond motifs is 1. The average Bonchev–Trinajstić information content (AvgIpc) is 2.67. The van der Waals surface area contributed by atoms with E-state index >= 15 is 0 Å². The lowest BCUT2D eigenvalue weighted by atomic mass is 9.63. The Labute approximate surface area is 157 Å². The Morgan fingerprint density at radius 3 is 2.62 bits per heavy atom. The molecule has 0 bridgehead atoms. The smallest absolute Gasteiger partial charge is 0.335 e. The molecule has 0 heterocycles. The molecular weight excluding hydrogens is 322 g/mol. The molecular formula is C23H31NO2. The van der Waals surface area contributed by atoms with Crippen molar-refractivity contribution in [2.75, 3.05) is 0 Å². The molecule has 0 amide bonds. The van der Waals surface area contributed by atoms with Crippen LogP contribution < -0.4 is 0 Å². The lowest BCUT2D eigenvalue weighted by Crippen LogP contribution is -2.30. The molecule has 140 valence electrons. The first-order valence-electron chi connectivity index (χ1n) is 10.4. The van der Waals surface area contributed by atoms with Crippen molar-refractivity contribution in [3.05, 3.63) is 34.9 Å². The van der Waals surface area contributed by atoms with Gasteiger partial charge >= 0.3 is 5.97 Å². The van der Waals surface area contributed by atoms with Crippen molar-refractivity contribution < 1.29 is 9.90 Å². The lowest BCUT2D eigenvalue weighted by molar-refractivity contribution is 0.0696. The molecule has 2 unspecified atom stereocenters. The van der Waals surface area contributed by atoms with Crippen molar-refractivity contribution in [1.29, 1.82) is 5.26 Å². The van der Waals surface area contributed by atoms with Crippen molar-refractivity contribution in [1.82, 2.24) is 0 Å². The molecule has 1 fully saturated rings. The zero-order valence-electron chi connectivity index (χ0n) is 15.9. The third-order valence-corrected chi connectivity index (χ3v) is 6.68. The zero-order chi connectivity index (χ0) is 18.5. The first-order chi connectivity index (χ1) is 12.6. The van der Waals surface area contributed by atoms with Crippen LogP contribution in [0.1, 0.15) is 92.1 Å². The van der Waals surface area contributed by atoms with Crippen LogP contribution in [0.5, 0.6) is 0 Å². The maximum atomic E-state index is 11.3. The second kappa shape index (κ2) is 8.71. The predicted molar refractivity (Wildman–Crippen MR) is 103 cm³/mol. The summed E-state index contributed by atoms with van der Waals surface area (Å²) < 4.78 is 0. The quantitative estimate of drug-likeness (QED) is 0.644. The van der Waals surface area contributed by atoms with Gasteiger partial charge in [-0.2, -0.15) is 5.26 Å². The van der Waals surface area contributed by atoms with Gasteiger partial charge in [0.05, 0.1) is 11.6 Å². The fourth-order valence-electron chi connectivity index (χ4n) is 5.28. The molecule has 3 heteroatoms. The summed E-state index contributed by atoms with van der Waals surface area (Å²) in [5.74, 6) is 1.33. The summed E-state index contributed by atoms with van der Waals surface area (Å²) in [6, 6.07) is 8.26. The van der Waals surface area contributed by atoms with E-state index in [0.29, 0.717) is 23.3 Å². The Bertz CT molecular complexity index is 667. The summed E-state index contributed by atoms with van der Waals surface area (Å²) in [4.78, 5) is 11.3. The van der Waals surface area contributed by atoms with Crippen LogP contribution in [0.15, 0.2) is 18.2 Å². The van der Waals surface area contributed by atoms with Gasteiger partial charge in [0.2, 0.25) is 0 Å². The number of carboxylic acids is 1. The standard InChI is InChI=1S/C23H31NO2/c1-2-3-4-5-17-10-11-19-14-20(23(25)26)12-13-21(19)22(17)18-8-6-16(15-24)7-9-18/h12-14,16-18,22H,2-11H2,1H3,(H,25,26)/t16-,17?,18-,22?. The molecule has 2 aliphatic carbocycles. The molecule has 1 aromatic carbocycles. The Hall–Kier alpha value is -1.82. The molecule has 1 N–H and O–H groups in total. The van der Waals surface area contributed by atoms with Crippen LogP contribution in [0.3, 0.4) is 0 Å². The Morgan fingerprint density at radius 2 is 1.96 bits per heavy atom. The van der Waals surface area contributed by atoms with Crippen molar-refractivity contribution in [3.8, 4) is 6.07 Å². The van der Waals surface area contributed by atoms with Crippen molar-refractivity contribution >= 4 is 5.97 Å². The molecule has 1 saturated carbocycles. The van der Waals surface area contributed by atoms with Gasteiger partial charge in [-0.25, -0.2) is 4.79 Å². The van der Waals surface area contributed by atoms with Crippen LogP contribution in [0, 0.1) is 29.1 Å². The van der Waals surface area contributed by atoms with Crippen molar-refractivity contribution in [2.24, 2.45) is 17.8 Å². The summed E-state index contributed by atoms with van der Waals surface area (Å²) in [6.07, 6.45) is 11.7. The molecule has 3 rings (SSSR count). The van der Waals surface area contributed by atoms with Gasteiger partial charge in [0.15, 0.2) is 0 Å². The van der Waals surface area contributed by atoms with Crippen molar-refractivity contribution in [2.45, 2.75) is 77.0 Å². The van der Waals surface area contributed by atoms with Gasteiger partial charge in [-0.3, -0.25) is 0 Å². The van der Waals surface area contributed by atoms with E-state index < -0.39 is 5.97 Å². The van der Waals surface area contributed by atoms with Crippen LogP contribution in [0.4, 0.5) is 0 Å². The normalized spacial score (nSPS) is 28.2. The Morgan fingerprint density at radius 1 is 1.19 bits per heavy atom. The molecule has 26 heavy (non-hydrogen) atoms. The minimum atomic E-state index is -0.830. The minimum absolute atomic E-state index is 0.238. The van der Waals surface area contributed by atoms with Gasteiger partial charge < -0.3 is 5.11 Å². The van der Waals surface area contributed by atoms with Crippen LogP contribution in [-0.2, 0) is 6.42 Å². The fourth-order valence-corrected chi connectivity index (χ4v) is 5.28. The summed E-state index contributed by atoms with van der Waals surface area (Å²) in [5.41, 5.74) is 3.08. The number of unbranched alkanes of at least 4 members (excludes halogenated alkanes) is 2. The summed E-state index contributed by atoms with van der Waals surface area (Å²) in [6.45, 7) is 2.25. The van der Waals surface area contributed by atoms with E-state index in [0.717, 1.165) is 32.1 Å². The predicted octanol–water partition coefficient (Wildman–Crippen LogP) is 5.94. The van der Waals surface area contributed by atoms with Gasteiger partial charge in [0, 0.05) is 5.92 Å². The highest BCUT2D eigenvalue weighted by molar-refractivity contribution is 5.88. The third kappa shape index (κ3) is 4.11. The van der Waals surface area contributed by atoms with Gasteiger partial charge in [0.25, 0.3) is 0 Å². The molecule has 0 spiro atoms. The van der Waals surface area contributed by atoms with E-state index in [1.54, 1.807) is 6.07 Å². The van der Waals surface area contributed by atoms with Crippen LogP contribution in [0.25, 0.3) is 0 Å². The fraction of sp³-hybridized carbons (Fsp3) is 0.652. The molecule has 1 aromatic rings. The summed E-state index contributed by atoms with van der Waals surface area (Å²) in [7, 11) is 0. The lowest BCUT2D eigenvalue weighted by Gasteiger charge is -2.41. The minimum Gasteiger partial charge on any atom is -0.478 e. The number of carboxylic acid groups (broad SMARTS) is 1. The molecule has 2 aliphatic rings. The number of rotatable bonds is 6. The first kappa shape index (κ1) is 19.0. The number of hydrogen-bond donors (Lipinski definition) is 1. The molecule has 0 radical (unpaired) electrons. The topological polar surface area (TPSA) is 61.1 Å². The van der Waals surface area contributed by atoms with Crippen molar-refractivity contribution in [3.63, 3.8) is 0 Å². The largest absolute Gasteiger partial charge is 0.478 e. The molecule has 0 aromatic heterocycles. The van der Waals surface area contributed by atoms with Crippen LogP contribution >= 0.6 is 0 Å². The summed E-state index contributed by atoms with van der Waals surface area (Å²) in [5, 5.41) is 18.5. The number of carbonyl (C=O) groups is 1.